The van der Waals surface area contributed by atoms with Gasteiger partial charge in [0.2, 0.25) is 0 Å². The van der Waals surface area contributed by atoms with Crippen LogP contribution in [-0.4, -0.2) is 21.6 Å². The standard InChI is InChI=1S/C20H26N2O2/c1-14(23)24-20(15-7-3-2-4-8-15)11-18-16-9-5-6-10-17(16)19-12-21-13-22(18)19/h6,10,12-13,15,18,20H,2-5,7-9,11H2,1H3. The van der Waals surface area contributed by atoms with Gasteiger partial charge in [-0.15, -0.1) is 0 Å². The van der Waals surface area contributed by atoms with Crippen molar-refractivity contribution < 1.29 is 9.53 Å². The van der Waals surface area contributed by atoms with Crippen LogP contribution in [0.5, 0.6) is 0 Å². The number of carbonyl (C=O) groups is 1. The van der Waals surface area contributed by atoms with Gasteiger partial charge in [0.05, 0.1) is 24.3 Å². The first-order valence-corrected chi connectivity index (χ1v) is 9.33. The van der Waals surface area contributed by atoms with Crippen LogP contribution < -0.4 is 0 Å². The predicted octanol–water partition coefficient (Wildman–Crippen LogP) is 4.44. The van der Waals surface area contributed by atoms with Crippen LogP contribution in [0.4, 0.5) is 0 Å². The van der Waals surface area contributed by atoms with E-state index in [-0.39, 0.29) is 12.1 Å². The van der Waals surface area contributed by atoms with Crippen molar-refractivity contribution in [3.05, 3.63) is 35.9 Å². The zero-order chi connectivity index (χ0) is 16.5. The lowest BCUT2D eigenvalue weighted by atomic mass is 9.81. The molecule has 2 aliphatic carbocycles. The van der Waals surface area contributed by atoms with Crippen LogP contribution in [0, 0.1) is 5.92 Å². The molecule has 0 bridgehead atoms. The maximum absolute atomic E-state index is 11.7. The molecule has 0 spiro atoms. The number of rotatable bonds is 4. The highest BCUT2D eigenvalue weighted by molar-refractivity contribution is 5.79. The Morgan fingerprint density at radius 2 is 2.21 bits per heavy atom. The number of nitrogens with zero attached hydrogens (tertiary/aromatic N) is 2. The van der Waals surface area contributed by atoms with E-state index in [9.17, 15) is 4.79 Å². The van der Waals surface area contributed by atoms with Gasteiger partial charge in [-0.05, 0) is 37.2 Å². The van der Waals surface area contributed by atoms with Crippen molar-refractivity contribution in [3.63, 3.8) is 0 Å². The Kier molecular flexibility index (Phi) is 4.30. The van der Waals surface area contributed by atoms with Crippen LogP contribution in [0.3, 0.4) is 0 Å². The normalized spacial score (nSPS) is 24.6. The summed E-state index contributed by atoms with van der Waals surface area (Å²) in [6.45, 7) is 1.54. The van der Waals surface area contributed by atoms with Crippen molar-refractivity contribution in [2.75, 3.05) is 0 Å². The SMILES string of the molecule is CC(=O)OC(CC1C2=C(C=CCC2)c2cncn21)C1CCCCC1. The first-order valence-electron chi connectivity index (χ1n) is 9.33. The Bertz CT molecular complexity index is 680. The molecule has 4 rings (SSSR count). The van der Waals surface area contributed by atoms with Gasteiger partial charge in [0, 0.05) is 18.9 Å². The summed E-state index contributed by atoms with van der Waals surface area (Å²) in [6, 6.07) is 0.300. The minimum Gasteiger partial charge on any atom is -0.462 e. The van der Waals surface area contributed by atoms with Crippen LogP contribution in [0.15, 0.2) is 30.2 Å². The molecule has 0 amide bonds. The summed E-state index contributed by atoms with van der Waals surface area (Å²) in [6.07, 6.45) is 17.8. The van der Waals surface area contributed by atoms with Crippen LogP contribution in [0.2, 0.25) is 0 Å². The van der Waals surface area contributed by atoms with Gasteiger partial charge in [-0.1, -0.05) is 31.4 Å². The summed E-state index contributed by atoms with van der Waals surface area (Å²) in [4.78, 5) is 16.0. The Balaban J connectivity index is 1.60. The van der Waals surface area contributed by atoms with E-state index in [1.54, 1.807) is 6.92 Å². The van der Waals surface area contributed by atoms with Crippen LogP contribution >= 0.6 is 0 Å². The van der Waals surface area contributed by atoms with Crippen molar-refractivity contribution in [1.82, 2.24) is 9.55 Å². The molecule has 0 saturated heterocycles. The van der Waals surface area contributed by atoms with Crippen LogP contribution in [0.1, 0.15) is 70.0 Å². The molecule has 0 N–H and O–H groups in total. The van der Waals surface area contributed by atoms with E-state index in [1.165, 1.54) is 48.9 Å². The molecule has 24 heavy (non-hydrogen) atoms. The van der Waals surface area contributed by atoms with Crippen molar-refractivity contribution >= 4 is 11.5 Å². The molecule has 1 aromatic heterocycles. The molecule has 4 nitrogen and oxygen atoms in total. The summed E-state index contributed by atoms with van der Waals surface area (Å²) in [5.74, 6) is 0.366. The summed E-state index contributed by atoms with van der Waals surface area (Å²) < 4.78 is 8.10. The highest BCUT2D eigenvalue weighted by Crippen LogP contribution is 2.45. The van der Waals surface area contributed by atoms with Gasteiger partial charge < -0.3 is 9.30 Å². The van der Waals surface area contributed by atoms with E-state index in [2.05, 4.69) is 21.7 Å². The number of hydrogen-bond acceptors (Lipinski definition) is 3. The molecule has 1 fully saturated rings. The molecular formula is C20H26N2O2. The Morgan fingerprint density at radius 3 is 3.00 bits per heavy atom. The molecule has 0 aromatic carbocycles. The number of aromatic nitrogens is 2. The minimum absolute atomic E-state index is 0.0285. The highest BCUT2D eigenvalue weighted by Gasteiger charge is 2.36. The number of carbonyl (C=O) groups excluding carboxylic acids is 1. The number of fused-ring (bicyclic) bond motifs is 2. The second-order valence-electron chi connectivity index (χ2n) is 7.36. The van der Waals surface area contributed by atoms with Crippen molar-refractivity contribution in [2.24, 2.45) is 5.92 Å². The quantitative estimate of drug-likeness (QED) is 0.768. The zero-order valence-corrected chi connectivity index (χ0v) is 14.4. The smallest absolute Gasteiger partial charge is 0.302 e. The molecule has 2 heterocycles. The van der Waals surface area contributed by atoms with E-state index < -0.39 is 0 Å². The molecule has 1 saturated carbocycles. The summed E-state index contributed by atoms with van der Waals surface area (Å²) in [7, 11) is 0. The van der Waals surface area contributed by atoms with Gasteiger partial charge >= 0.3 is 5.97 Å². The van der Waals surface area contributed by atoms with Gasteiger partial charge in [-0.2, -0.15) is 0 Å². The topological polar surface area (TPSA) is 44.1 Å². The van der Waals surface area contributed by atoms with Gasteiger partial charge in [-0.3, -0.25) is 4.79 Å². The lowest BCUT2D eigenvalue weighted by Crippen LogP contribution is -2.31. The fraction of sp³-hybridized carbons (Fsp3) is 0.600. The number of imidazole rings is 1. The molecule has 1 aromatic rings. The molecule has 3 aliphatic rings. The number of allylic oxidation sites excluding steroid dienone is 4. The summed E-state index contributed by atoms with van der Waals surface area (Å²) in [5, 5.41) is 0. The fourth-order valence-corrected chi connectivity index (χ4v) is 4.74. The average Bonchev–Trinajstić information content (AvgIpc) is 3.17. The summed E-state index contributed by atoms with van der Waals surface area (Å²) in [5.41, 5.74) is 4.06. The number of ether oxygens (including phenoxy) is 1. The van der Waals surface area contributed by atoms with E-state index in [0.717, 1.165) is 19.3 Å². The third-order valence-corrected chi connectivity index (χ3v) is 5.84. The molecule has 0 radical (unpaired) electrons. The second-order valence-corrected chi connectivity index (χ2v) is 7.36. The van der Waals surface area contributed by atoms with Crippen molar-refractivity contribution in [3.8, 4) is 0 Å². The fourth-order valence-electron chi connectivity index (χ4n) is 4.74. The number of hydrogen-bond donors (Lipinski definition) is 0. The molecule has 4 heteroatoms. The first kappa shape index (κ1) is 15.7. The Morgan fingerprint density at radius 1 is 1.38 bits per heavy atom. The molecule has 2 atom stereocenters. The van der Waals surface area contributed by atoms with Gasteiger partial charge in [-0.25, -0.2) is 4.98 Å². The third kappa shape index (κ3) is 2.83. The van der Waals surface area contributed by atoms with Crippen molar-refractivity contribution in [1.29, 1.82) is 0 Å². The lowest BCUT2D eigenvalue weighted by molar-refractivity contribution is -0.150. The maximum Gasteiger partial charge on any atom is 0.302 e. The molecule has 128 valence electrons. The van der Waals surface area contributed by atoms with Gasteiger partial charge in [0.15, 0.2) is 0 Å². The maximum atomic E-state index is 11.7. The Hall–Kier alpha value is -1.84. The predicted molar refractivity (Wildman–Crippen MR) is 93.3 cm³/mol. The summed E-state index contributed by atoms with van der Waals surface area (Å²) >= 11 is 0. The average molecular weight is 326 g/mol. The minimum atomic E-state index is -0.146. The molecule has 2 unspecified atom stereocenters. The largest absolute Gasteiger partial charge is 0.462 e. The van der Waals surface area contributed by atoms with Crippen LogP contribution in [-0.2, 0) is 9.53 Å². The number of esters is 1. The lowest BCUT2D eigenvalue weighted by Gasteiger charge is -2.32. The van der Waals surface area contributed by atoms with Crippen molar-refractivity contribution in [2.45, 2.75) is 70.4 Å². The third-order valence-electron chi connectivity index (χ3n) is 5.84. The van der Waals surface area contributed by atoms with E-state index in [0.29, 0.717) is 12.0 Å². The van der Waals surface area contributed by atoms with E-state index in [4.69, 9.17) is 4.74 Å². The monoisotopic (exact) mass is 326 g/mol. The van der Waals surface area contributed by atoms with Gasteiger partial charge in [0.25, 0.3) is 0 Å². The molecular weight excluding hydrogens is 300 g/mol. The van der Waals surface area contributed by atoms with E-state index >= 15 is 0 Å². The van der Waals surface area contributed by atoms with Gasteiger partial charge in [0.1, 0.15) is 6.10 Å². The Labute approximate surface area is 143 Å². The second kappa shape index (κ2) is 6.58. The van der Waals surface area contributed by atoms with E-state index in [1.807, 2.05) is 12.5 Å². The first-order chi connectivity index (χ1) is 11.7. The molecule has 1 aliphatic heterocycles. The zero-order valence-electron chi connectivity index (χ0n) is 14.4. The highest BCUT2D eigenvalue weighted by atomic mass is 16.5. The van der Waals surface area contributed by atoms with Crippen LogP contribution in [0.25, 0.3) is 5.57 Å².